The van der Waals surface area contributed by atoms with E-state index >= 15 is 0 Å². The summed E-state index contributed by atoms with van der Waals surface area (Å²) in [5.74, 6) is 1.76. The molecule has 1 heterocycles. The van der Waals surface area contributed by atoms with Gasteiger partial charge in [0.15, 0.2) is 12.7 Å². The summed E-state index contributed by atoms with van der Waals surface area (Å²) in [6, 6.07) is 18.4. The Hall–Kier alpha value is -2.46. The lowest BCUT2D eigenvalue weighted by atomic mass is 10.2. The average Bonchev–Trinajstić information content (AvgIpc) is 3.03. The van der Waals surface area contributed by atoms with Gasteiger partial charge in [0.1, 0.15) is 18.0 Å². The minimum absolute atomic E-state index is 0. The Morgan fingerprint density at radius 3 is 1.92 bits per heavy atom. The van der Waals surface area contributed by atoms with Gasteiger partial charge in [-0.25, -0.2) is 0 Å². The van der Waals surface area contributed by atoms with Crippen molar-refractivity contribution in [1.82, 2.24) is 4.68 Å². The molecule has 0 bridgehead atoms. The Labute approximate surface area is 148 Å². The molecule has 0 amide bonds. The zero-order valence-electron chi connectivity index (χ0n) is 13.9. The first-order valence-corrected chi connectivity index (χ1v) is 7.59. The van der Waals surface area contributed by atoms with Crippen molar-refractivity contribution in [3.8, 4) is 11.5 Å². The van der Waals surface area contributed by atoms with E-state index in [4.69, 9.17) is 9.47 Å². The van der Waals surface area contributed by atoms with Crippen LogP contribution in [0.2, 0.25) is 0 Å². The summed E-state index contributed by atoms with van der Waals surface area (Å²) < 4.78 is 14.8. The first-order valence-electron chi connectivity index (χ1n) is 7.59. The molecule has 24 heavy (non-hydrogen) atoms. The van der Waals surface area contributed by atoms with Crippen LogP contribution in [0.25, 0.3) is 0 Å². The van der Waals surface area contributed by atoms with Crippen LogP contribution in [-0.4, -0.2) is 18.9 Å². The zero-order chi connectivity index (χ0) is 16.1. The van der Waals surface area contributed by atoms with Gasteiger partial charge in [0.25, 0.3) is 0 Å². The van der Waals surface area contributed by atoms with Crippen molar-refractivity contribution in [3.63, 3.8) is 0 Å². The fourth-order valence-corrected chi connectivity index (χ4v) is 2.53. The van der Waals surface area contributed by atoms with Crippen LogP contribution in [0.4, 0.5) is 0 Å². The van der Waals surface area contributed by atoms with Gasteiger partial charge in [0.05, 0.1) is 20.4 Å². The monoisotopic (exact) mass is 344 g/mol. The molecule has 0 aliphatic carbocycles. The van der Waals surface area contributed by atoms with Gasteiger partial charge in [-0.1, -0.05) is 12.1 Å². The molecule has 0 radical (unpaired) electrons. The van der Waals surface area contributed by atoms with Crippen LogP contribution in [0.3, 0.4) is 0 Å². The van der Waals surface area contributed by atoms with Crippen LogP contribution in [0, 0.1) is 0 Å². The third kappa shape index (κ3) is 4.30. The van der Waals surface area contributed by atoms with Crippen LogP contribution in [-0.2, 0) is 13.1 Å². The molecule has 126 valence electrons. The van der Waals surface area contributed by atoms with Gasteiger partial charge in [0, 0.05) is 11.6 Å². The number of benzene rings is 2. The maximum Gasteiger partial charge on any atom is 0.197 e. The van der Waals surface area contributed by atoms with Crippen molar-refractivity contribution < 1.29 is 26.6 Å². The number of aromatic nitrogens is 2. The zero-order valence-corrected chi connectivity index (χ0v) is 14.6. The maximum absolute atomic E-state index is 5.20. The van der Waals surface area contributed by atoms with Crippen LogP contribution in [0.15, 0.2) is 67.0 Å². The molecule has 0 atom stereocenters. The molecule has 4 nitrogen and oxygen atoms in total. The predicted molar refractivity (Wildman–Crippen MR) is 88.8 cm³/mol. The van der Waals surface area contributed by atoms with E-state index in [-0.39, 0.29) is 12.4 Å². The highest BCUT2D eigenvalue weighted by atomic mass is 35.5. The predicted octanol–water partition coefficient (Wildman–Crippen LogP) is -0.107. The van der Waals surface area contributed by atoms with Crippen molar-refractivity contribution in [2.75, 3.05) is 14.2 Å². The Morgan fingerprint density at radius 2 is 1.38 bits per heavy atom. The van der Waals surface area contributed by atoms with Gasteiger partial charge in [-0.2, -0.15) is 4.68 Å². The third-order valence-electron chi connectivity index (χ3n) is 3.85. The molecule has 0 N–H and O–H groups in total. The van der Waals surface area contributed by atoms with Crippen LogP contribution in [0.1, 0.15) is 11.1 Å². The lowest BCUT2D eigenvalue weighted by Crippen LogP contribution is -3.00. The first-order chi connectivity index (χ1) is 11.3. The second-order valence-electron chi connectivity index (χ2n) is 5.38. The summed E-state index contributed by atoms with van der Waals surface area (Å²) in [6.07, 6.45) is 4.18. The molecule has 0 unspecified atom stereocenters. The minimum Gasteiger partial charge on any atom is -1.00 e. The number of hydrogen-bond acceptors (Lipinski definition) is 2. The molecule has 0 saturated heterocycles. The van der Waals surface area contributed by atoms with Gasteiger partial charge >= 0.3 is 0 Å². The third-order valence-corrected chi connectivity index (χ3v) is 3.85. The summed E-state index contributed by atoms with van der Waals surface area (Å²) in [5.41, 5.74) is 2.48. The van der Waals surface area contributed by atoms with Gasteiger partial charge < -0.3 is 21.9 Å². The first kappa shape index (κ1) is 17.9. The molecule has 0 spiro atoms. The van der Waals surface area contributed by atoms with Crippen molar-refractivity contribution in [2.45, 2.75) is 13.1 Å². The lowest BCUT2D eigenvalue weighted by Gasteiger charge is -2.06. The van der Waals surface area contributed by atoms with Crippen molar-refractivity contribution >= 4 is 0 Å². The number of hydrogen-bond donors (Lipinski definition) is 0. The quantitative estimate of drug-likeness (QED) is 0.584. The van der Waals surface area contributed by atoms with Crippen LogP contribution < -0.4 is 26.6 Å². The molecule has 0 fully saturated rings. The van der Waals surface area contributed by atoms with E-state index in [0.29, 0.717) is 0 Å². The smallest absolute Gasteiger partial charge is 0.197 e. The van der Waals surface area contributed by atoms with Crippen molar-refractivity contribution in [3.05, 3.63) is 78.1 Å². The molecular weight excluding hydrogens is 324 g/mol. The largest absolute Gasteiger partial charge is 1.00 e. The Kier molecular flexibility index (Phi) is 6.27. The molecule has 0 aliphatic heterocycles. The summed E-state index contributed by atoms with van der Waals surface area (Å²) in [4.78, 5) is 0. The van der Waals surface area contributed by atoms with Gasteiger partial charge in [0.2, 0.25) is 0 Å². The molecule has 3 aromatic rings. The molecule has 0 aliphatic rings. The van der Waals surface area contributed by atoms with Crippen molar-refractivity contribution in [2.24, 2.45) is 0 Å². The molecular formula is C19H21ClN2O2. The Bertz CT molecular complexity index is 688. The SMILES string of the molecule is COc1ccc(Cn2ccc[n+]2Cc2ccc(OC)cc2)cc1.[Cl-]. The maximum atomic E-state index is 5.20. The van der Waals surface area contributed by atoms with E-state index < -0.39 is 0 Å². The standard InChI is InChI=1S/C19H21N2O2.ClH/c1-22-18-8-4-16(5-9-18)14-20-12-3-13-21(20)15-17-6-10-19(23-2)11-7-17;/h3-13H,14-15H2,1-2H3;1H/q+1;/p-1. The van der Waals surface area contributed by atoms with Crippen molar-refractivity contribution in [1.29, 1.82) is 0 Å². The van der Waals surface area contributed by atoms with E-state index in [1.54, 1.807) is 14.2 Å². The number of halogens is 1. The molecule has 1 aromatic heterocycles. The van der Waals surface area contributed by atoms with E-state index in [1.165, 1.54) is 11.1 Å². The molecule has 5 heteroatoms. The second kappa shape index (κ2) is 8.41. The molecule has 0 saturated carbocycles. The van der Waals surface area contributed by atoms with E-state index in [0.717, 1.165) is 24.6 Å². The fourth-order valence-electron chi connectivity index (χ4n) is 2.53. The number of rotatable bonds is 6. The lowest BCUT2D eigenvalue weighted by molar-refractivity contribution is -0.767. The fraction of sp³-hybridized carbons (Fsp3) is 0.211. The average molecular weight is 345 g/mol. The Balaban J connectivity index is 0.00000208. The highest BCUT2D eigenvalue weighted by Crippen LogP contribution is 2.13. The number of methoxy groups -OCH3 is 2. The van der Waals surface area contributed by atoms with Crippen LogP contribution >= 0.6 is 0 Å². The van der Waals surface area contributed by atoms with Gasteiger partial charge in [-0.15, -0.1) is 4.68 Å². The number of ether oxygens (including phenoxy) is 2. The summed E-state index contributed by atoms with van der Waals surface area (Å²) >= 11 is 0. The summed E-state index contributed by atoms with van der Waals surface area (Å²) in [6.45, 7) is 1.65. The van der Waals surface area contributed by atoms with Crippen LogP contribution in [0.5, 0.6) is 11.5 Å². The van der Waals surface area contributed by atoms with Gasteiger partial charge in [-0.05, 0) is 42.0 Å². The number of nitrogens with zero attached hydrogens (tertiary/aromatic N) is 2. The Morgan fingerprint density at radius 1 is 0.833 bits per heavy atom. The summed E-state index contributed by atoms with van der Waals surface area (Å²) in [5, 5.41) is 0. The molecule has 2 aromatic carbocycles. The van der Waals surface area contributed by atoms with Gasteiger partial charge in [-0.3, -0.25) is 0 Å². The van der Waals surface area contributed by atoms with E-state index in [9.17, 15) is 0 Å². The second-order valence-corrected chi connectivity index (χ2v) is 5.38. The highest BCUT2D eigenvalue weighted by molar-refractivity contribution is 5.27. The topological polar surface area (TPSA) is 27.3 Å². The van der Waals surface area contributed by atoms with E-state index in [2.05, 4.69) is 52.1 Å². The highest BCUT2D eigenvalue weighted by Gasteiger charge is 2.10. The summed E-state index contributed by atoms with van der Waals surface area (Å²) in [7, 11) is 3.37. The normalized spacial score (nSPS) is 10.1. The van der Waals surface area contributed by atoms with E-state index in [1.807, 2.05) is 24.3 Å². The molecule has 3 rings (SSSR count). The minimum atomic E-state index is 0.